The van der Waals surface area contributed by atoms with Crippen molar-refractivity contribution in [2.24, 2.45) is 10.7 Å². The lowest BCUT2D eigenvalue weighted by molar-refractivity contribution is -0.117. The minimum absolute atomic E-state index is 0.0674. The van der Waals surface area contributed by atoms with Gasteiger partial charge >= 0.3 is 0 Å². The van der Waals surface area contributed by atoms with Crippen LogP contribution in [0.3, 0.4) is 0 Å². The Labute approximate surface area is 173 Å². The second-order valence-corrected chi connectivity index (χ2v) is 7.99. The van der Waals surface area contributed by atoms with E-state index in [0.29, 0.717) is 12.1 Å². The van der Waals surface area contributed by atoms with Crippen molar-refractivity contribution in [2.45, 2.75) is 45.2 Å². The summed E-state index contributed by atoms with van der Waals surface area (Å²) in [5.41, 5.74) is 6.61. The van der Waals surface area contributed by atoms with Crippen LogP contribution in [0.25, 0.3) is 0 Å². The van der Waals surface area contributed by atoms with Gasteiger partial charge in [0.05, 0.1) is 6.54 Å². The molecule has 1 aliphatic rings. The lowest BCUT2D eigenvalue weighted by Gasteiger charge is -2.41. The molecule has 160 valence electrons. The molecular formula is C21H34N6O2. The average Bonchev–Trinajstić information content (AvgIpc) is 2.73. The zero-order valence-electron chi connectivity index (χ0n) is 17.8. The van der Waals surface area contributed by atoms with Crippen LogP contribution in [-0.2, 0) is 11.3 Å². The highest BCUT2D eigenvalue weighted by Crippen LogP contribution is 2.19. The van der Waals surface area contributed by atoms with Crippen molar-refractivity contribution in [1.29, 1.82) is 0 Å². The average molecular weight is 403 g/mol. The Morgan fingerprint density at radius 1 is 1.07 bits per heavy atom. The third-order valence-electron chi connectivity index (χ3n) is 5.22. The molecule has 0 unspecified atom stereocenters. The topological polar surface area (TPSA) is 112 Å². The van der Waals surface area contributed by atoms with Gasteiger partial charge in [-0.25, -0.2) is 0 Å². The molecule has 29 heavy (non-hydrogen) atoms. The summed E-state index contributed by atoms with van der Waals surface area (Å²) >= 11 is 0. The maximum absolute atomic E-state index is 11.9. The van der Waals surface area contributed by atoms with Gasteiger partial charge in [-0.1, -0.05) is 18.6 Å². The van der Waals surface area contributed by atoms with Crippen LogP contribution in [0.15, 0.2) is 29.3 Å². The number of likely N-dealkylation sites (tertiary alicyclic amines) is 1. The van der Waals surface area contributed by atoms with E-state index in [1.54, 1.807) is 19.2 Å². The number of carbonyl (C=O) groups is 2. The number of amides is 2. The van der Waals surface area contributed by atoms with Gasteiger partial charge in [-0.05, 0) is 57.5 Å². The molecule has 5 N–H and O–H groups in total. The van der Waals surface area contributed by atoms with E-state index in [1.165, 1.54) is 19.3 Å². The monoisotopic (exact) mass is 402 g/mol. The third kappa shape index (κ3) is 7.38. The van der Waals surface area contributed by atoms with Gasteiger partial charge in [-0.3, -0.25) is 19.5 Å². The SMILES string of the molecule is CN=C(NCc1ccc(C(=O)NCC(N)=O)cc1)NCC(C)(C)N1CCCCC1. The van der Waals surface area contributed by atoms with Crippen molar-refractivity contribution in [3.05, 3.63) is 35.4 Å². The lowest BCUT2D eigenvalue weighted by atomic mass is 9.98. The molecular weight excluding hydrogens is 368 g/mol. The van der Waals surface area contributed by atoms with Gasteiger partial charge in [0.2, 0.25) is 5.91 Å². The van der Waals surface area contributed by atoms with Gasteiger partial charge in [-0.2, -0.15) is 0 Å². The fourth-order valence-electron chi connectivity index (χ4n) is 3.36. The summed E-state index contributed by atoms with van der Waals surface area (Å²) in [5.74, 6) is -0.138. The molecule has 0 aromatic heterocycles. The number of hydrogen-bond acceptors (Lipinski definition) is 4. The first-order valence-electron chi connectivity index (χ1n) is 10.2. The first kappa shape index (κ1) is 22.7. The molecule has 8 heteroatoms. The van der Waals surface area contributed by atoms with Gasteiger partial charge in [0.25, 0.3) is 5.91 Å². The van der Waals surface area contributed by atoms with Gasteiger partial charge in [-0.15, -0.1) is 0 Å². The van der Waals surface area contributed by atoms with Crippen LogP contribution in [-0.4, -0.2) is 61.4 Å². The standard InChI is InChI=1S/C21H34N6O2/c1-21(2,27-11-5-4-6-12-27)15-26-20(23-3)25-13-16-7-9-17(10-8-16)19(29)24-14-18(22)28/h7-10H,4-6,11-15H2,1-3H3,(H2,22,28)(H,24,29)(H2,23,25,26). The van der Waals surface area contributed by atoms with Crippen molar-refractivity contribution >= 4 is 17.8 Å². The van der Waals surface area contributed by atoms with Crippen LogP contribution in [0.4, 0.5) is 0 Å². The van der Waals surface area contributed by atoms with E-state index < -0.39 is 5.91 Å². The Morgan fingerprint density at radius 2 is 1.72 bits per heavy atom. The first-order valence-corrected chi connectivity index (χ1v) is 10.2. The Hall–Kier alpha value is -2.61. The molecule has 1 aliphatic heterocycles. The molecule has 2 amide bonds. The van der Waals surface area contributed by atoms with Gasteiger partial charge in [0.15, 0.2) is 5.96 Å². The molecule has 1 fully saturated rings. The second-order valence-electron chi connectivity index (χ2n) is 7.99. The van der Waals surface area contributed by atoms with Crippen LogP contribution < -0.4 is 21.7 Å². The number of hydrogen-bond donors (Lipinski definition) is 4. The number of nitrogens with two attached hydrogens (primary N) is 1. The maximum atomic E-state index is 11.9. The summed E-state index contributed by atoms with van der Waals surface area (Å²) < 4.78 is 0. The number of piperidine rings is 1. The van der Waals surface area contributed by atoms with Crippen LogP contribution in [0, 0.1) is 0 Å². The summed E-state index contributed by atoms with van der Waals surface area (Å²) in [6.07, 6.45) is 3.87. The number of aliphatic imine (C=N–C) groups is 1. The highest BCUT2D eigenvalue weighted by Gasteiger charge is 2.27. The fourth-order valence-corrected chi connectivity index (χ4v) is 3.36. The van der Waals surface area contributed by atoms with Crippen molar-refractivity contribution < 1.29 is 9.59 Å². The Morgan fingerprint density at radius 3 is 2.31 bits per heavy atom. The third-order valence-corrected chi connectivity index (χ3v) is 5.22. The molecule has 8 nitrogen and oxygen atoms in total. The van der Waals surface area contributed by atoms with Gasteiger partial charge in [0.1, 0.15) is 0 Å². The number of nitrogens with one attached hydrogen (secondary N) is 3. The molecule has 0 radical (unpaired) electrons. The van der Waals surface area contributed by atoms with E-state index in [2.05, 4.69) is 39.7 Å². The highest BCUT2D eigenvalue weighted by molar-refractivity contribution is 5.96. The molecule has 2 rings (SSSR count). The second kappa shape index (κ2) is 10.8. The molecule has 0 atom stereocenters. The minimum Gasteiger partial charge on any atom is -0.368 e. The molecule has 0 spiro atoms. The number of primary amides is 1. The van der Waals surface area contributed by atoms with Crippen molar-refractivity contribution in [3.63, 3.8) is 0 Å². The van der Waals surface area contributed by atoms with Crippen LogP contribution in [0.2, 0.25) is 0 Å². The minimum atomic E-state index is -0.568. The van der Waals surface area contributed by atoms with Crippen molar-refractivity contribution in [2.75, 3.05) is 33.2 Å². The van der Waals surface area contributed by atoms with Crippen LogP contribution in [0.1, 0.15) is 49.0 Å². The van der Waals surface area contributed by atoms with E-state index in [0.717, 1.165) is 31.2 Å². The highest BCUT2D eigenvalue weighted by atomic mass is 16.2. The van der Waals surface area contributed by atoms with E-state index in [9.17, 15) is 9.59 Å². The van der Waals surface area contributed by atoms with E-state index in [4.69, 9.17) is 5.73 Å². The molecule has 1 saturated heterocycles. The summed E-state index contributed by atoms with van der Waals surface area (Å²) in [4.78, 5) is 29.5. The first-order chi connectivity index (χ1) is 13.8. The predicted octanol–water partition coefficient (Wildman–Crippen LogP) is 0.831. The molecule has 1 aromatic carbocycles. The predicted molar refractivity (Wildman–Crippen MR) is 116 cm³/mol. The maximum Gasteiger partial charge on any atom is 0.251 e. The van der Waals surface area contributed by atoms with Crippen LogP contribution >= 0.6 is 0 Å². The molecule has 1 heterocycles. The van der Waals surface area contributed by atoms with Gasteiger partial charge in [0, 0.05) is 31.2 Å². The Kier molecular flexibility index (Phi) is 8.45. The van der Waals surface area contributed by atoms with Crippen molar-refractivity contribution in [1.82, 2.24) is 20.9 Å². The largest absolute Gasteiger partial charge is 0.368 e. The number of nitrogens with zero attached hydrogens (tertiary/aromatic N) is 2. The van der Waals surface area contributed by atoms with Gasteiger partial charge < -0.3 is 21.7 Å². The number of carbonyl (C=O) groups excluding carboxylic acids is 2. The normalized spacial score (nSPS) is 15.6. The fraction of sp³-hybridized carbons (Fsp3) is 0.571. The zero-order valence-corrected chi connectivity index (χ0v) is 17.8. The zero-order chi connectivity index (χ0) is 21.3. The summed E-state index contributed by atoms with van der Waals surface area (Å²) in [5, 5.41) is 9.20. The number of benzene rings is 1. The van der Waals surface area contributed by atoms with Crippen LogP contribution in [0.5, 0.6) is 0 Å². The number of rotatable bonds is 8. The number of guanidine groups is 1. The smallest absolute Gasteiger partial charge is 0.251 e. The Bertz CT molecular complexity index is 708. The summed E-state index contributed by atoms with van der Waals surface area (Å²) in [6.45, 7) is 8.07. The van der Waals surface area contributed by atoms with Crippen molar-refractivity contribution in [3.8, 4) is 0 Å². The lowest BCUT2D eigenvalue weighted by Crippen LogP contribution is -2.54. The molecule has 0 bridgehead atoms. The summed E-state index contributed by atoms with van der Waals surface area (Å²) in [7, 11) is 1.76. The van der Waals surface area contributed by atoms with E-state index >= 15 is 0 Å². The van der Waals surface area contributed by atoms with E-state index in [1.807, 2.05) is 12.1 Å². The molecule has 0 aliphatic carbocycles. The van der Waals surface area contributed by atoms with E-state index in [-0.39, 0.29) is 18.0 Å². The Balaban J connectivity index is 1.81. The molecule has 0 saturated carbocycles. The molecule has 1 aromatic rings. The quantitative estimate of drug-likeness (QED) is 0.380. The summed E-state index contributed by atoms with van der Waals surface area (Å²) in [6, 6.07) is 7.19.